The van der Waals surface area contributed by atoms with Crippen LogP contribution in [0, 0.1) is 0 Å². The first-order valence-corrected chi connectivity index (χ1v) is 8.31. The van der Waals surface area contributed by atoms with Gasteiger partial charge in [0.2, 0.25) is 5.91 Å². The molecule has 0 saturated heterocycles. The minimum atomic E-state index is 0.0378. The summed E-state index contributed by atoms with van der Waals surface area (Å²) in [5.41, 5.74) is 4.46. The van der Waals surface area contributed by atoms with Crippen LogP contribution in [0.25, 0.3) is 0 Å². The summed E-state index contributed by atoms with van der Waals surface area (Å²) in [6.07, 6.45) is 1.49. The molecule has 0 unspecified atom stereocenters. The summed E-state index contributed by atoms with van der Waals surface area (Å²) in [4.78, 5) is 12.1. The molecule has 0 aliphatic carbocycles. The summed E-state index contributed by atoms with van der Waals surface area (Å²) in [6.45, 7) is 7.03. The monoisotopic (exact) mass is 310 g/mol. The third kappa shape index (κ3) is 5.13. The summed E-state index contributed by atoms with van der Waals surface area (Å²) in [5, 5.41) is 6.31. The smallest absolute Gasteiger partial charge is 0.226 e. The summed E-state index contributed by atoms with van der Waals surface area (Å²) >= 11 is 0. The van der Waals surface area contributed by atoms with E-state index in [2.05, 4.69) is 61.7 Å². The normalized spacial score (nSPS) is 10.6. The molecule has 3 nitrogen and oxygen atoms in total. The molecule has 0 saturated carbocycles. The number of hydrogen-bond acceptors (Lipinski definition) is 2. The van der Waals surface area contributed by atoms with Gasteiger partial charge >= 0.3 is 0 Å². The van der Waals surface area contributed by atoms with Crippen LogP contribution >= 0.6 is 0 Å². The number of carbonyl (C=O) groups excluding carboxylic acids is 1. The number of amides is 1. The highest BCUT2D eigenvalue weighted by molar-refractivity contribution is 5.91. The van der Waals surface area contributed by atoms with Crippen molar-refractivity contribution < 1.29 is 4.79 Å². The molecule has 3 heteroatoms. The molecule has 0 heterocycles. The minimum absolute atomic E-state index is 0.0378. The molecule has 2 aromatic carbocycles. The molecule has 2 N–H and O–H groups in total. The zero-order chi connectivity index (χ0) is 16.7. The molecule has 0 radical (unpaired) electrons. The van der Waals surface area contributed by atoms with Gasteiger partial charge in [-0.15, -0.1) is 0 Å². The average Bonchev–Trinajstić information content (AvgIpc) is 2.56. The van der Waals surface area contributed by atoms with Crippen molar-refractivity contribution in [3.63, 3.8) is 0 Å². The molecular formula is C20H26N2O. The van der Waals surface area contributed by atoms with Crippen LogP contribution in [-0.4, -0.2) is 12.5 Å². The van der Waals surface area contributed by atoms with Crippen LogP contribution < -0.4 is 10.6 Å². The van der Waals surface area contributed by atoms with E-state index in [4.69, 9.17) is 0 Å². The lowest BCUT2D eigenvalue weighted by atomic mass is 10.0. The molecule has 0 bridgehead atoms. The molecule has 2 aromatic rings. The molecule has 2 rings (SSSR count). The van der Waals surface area contributed by atoms with Gasteiger partial charge in [-0.3, -0.25) is 4.79 Å². The Morgan fingerprint density at radius 3 is 2.39 bits per heavy atom. The standard InChI is InChI=1S/C20H26N2O/c1-4-16-9-11-17(12-10-16)21-14-13-20(23)22-19-8-6-5-7-18(19)15(2)3/h5-12,15,21H,4,13-14H2,1-3H3,(H,22,23). The van der Waals surface area contributed by atoms with E-state index in [1.165, 1.54) is 11.1 Å². The number of rotatable bonds is 7. The number of hydrogen-bond donors (Lipinski definition) is 2. The Morgan fingerprint density at radius 1 is 1.04 bits per heavy atom. The first-order valence-electron chi connectivity index (χ1n) is 8.31. The van der Waals surface area contributed by atoms with Gasteiger partial charge in [0, 0.05) is 24.3 Å². The summed E-state index contributed by atoms with van der Waals surface area (Å²) in [6, 6.07) is 16.3. The van der Waals surface area contributed by atoms with Crippen molar-refractivity contribution in [3.8, 4) is 0 Å². The summed E-state index contributed by atoms with van der Waals surface area (Å²) in [5.74, 6) is 0.428. The Hall–Kier alpha value is -2.29. The van der Waals surface area contributed by atoms with Crippen LogP contribution in [0.1, 0.15) is 44.2 Å². The van der Waals surface area contributed by atoms with E-state index in [-0.39, 0.29) is 5.91 Å². The highest BCUT2D eigenvalue weighted by Gasteiger charge is 2.08. The molecule has 0 spiro atoms. The molecule has 0 aliphatic rings. The number of aryl methyl sites for hydroxylation is 1. The zero-order valence-corrected chi connectivity index (χ0v) is 14.2. The largest absolute Gasteiger partial charge is 0.385 e. The maximum absolute atomic E-state index is 12.1. The summed E-state index contributed by atoms with van der Waals surface area (Å²) < 4.78 is 0. The number of para-hydroxylation sites is 1. The topological polar surface area (TPSA) is 41.1 Å². The maximum Gasteiger partial charge on any atom is 0.226 e. The number of benzene rings is 2. The van der Waals surface area contributed by atoms with E-state index >= 15 is 0 Å². The highest BCUT2D eigenvalue weighted by Crippen LogP contribution is 2.23. The first kappa shape index (κ1) is 17.1. The Bertz CT molecular complexity index is 632. The Morgan fingerprint density at radius 2 is 1.74 bits per heavy atom. The second-order valence-electron chi connectivity index (χ2n) is 6.02. The first-order chi connectivity index (χ1) is 11.1. The quantitative estimate of drug-likeness (QED) is 0.770. The third-order valence-electron chi connectivity index (χ3n) is 3.90. The van der Waals surface area contributed by atoms with Crippen LogP contribution in [0.4, 0.5) is 11.4 Å². The zero-order valence-electron chi connectivity index (χ0n) is 14.2. The van der Waals surface area contributed by atoms with Gasteiger partial charge in [0.15, 0.2) is 0 Å². The van der Waals surface area contributed by atoms with Crippen LogP contribution in [0.2, 0.25) is 0 Å². The fourth-order valence-electron chi connectivity index (χ4n) is 2.51. The lowest BCUT2D eigenvalue weighted by Crippen LogP contribution is -2.17. The number of carbonyl (C=O) groups is 1. The van der Waals surface area contributed by atoms with Crippen LogP contribution in [0.15, 0.2) is 48.5 Å². The van der Waals surface area contributed by atoms with E-state index in [1.807, 2.05) is 18.2 Å². The predicted octanol–water partition coefficient (Wildman–Crippen LogP) is 4.81. The van der Waals surface area contributed by atoms with Crippen molar-refractivity contribution in [2.45, 2.75) is 39.5 Å². The van der Waals surface area contributed by atoms with Crippen molar-refractivity contribution in [3.05, 3.63) is 59.7 Å². The van der Waals surface area contributed by atoms with Gasteiger partial charge in [0.05, 0.1) is 0 Å². The molecule has 0 aliphatic heterocycles. The fraction of sp³-hybridized carbons (Fsp3) is 0.350. The average molecular weight is 310 g/mol. The SMILES string of the molecule is CCc1ccc(NCCC(=O)Nc2ccccc2C(C)C)cc1. The van der Waals surface area contributed by atoms with E-state index < -0.39 is 0 Å². The van der Waals surface area contributed by atoms with Crippen molar-refractivity contribution in [1.82, 2.24) is 0 Å². The second kappa shape index (κ2) is 8.37. The predicted molar refractivity (Wildman–Crippen MR) is 98.1 cm³/mol. The Labute approximate surface area is 139 Å². The maximum atomic E-state index is 12.1. The lowest BCUT2D eigenvalue weighted by Gasteiger charge is -2.14. The molecular weight excluding hydrogens is 284 g/mol. The van der Waals surface area contributed by atoms with Crippen molar-refractivity contribution >= 4 is 17.3 Å². The van der Waals surface area contributed by atoms with Crippen LogP contribution in [-0.2, 0) is 11.2 Å². The number of anilines is 2. The van der Waals surface area contributed by atoms with Gasteiger partial charge in [-0.25, -0.2) is 0 Å². The van der Waals surface area contributed by atoms with Gasteiger partial charge in [-0.05, 0) is 41.7 Å². The van der Waals surface area contributed by atoms with Gasteiger partial charge in [-0.2, -0.15) is 0 Å². The lowest BCUT2D eigenvalue weighted by molar-refractivity contribution is -0.115. The van der Waals surface area contributed by atoms with E-state index in [9.17, 15) is 4.79 Å². The second-order valence-corrected chi connectivity index (χ2v) is 6.02. The van der Waals surface area contributed by atoms with Gasteiger partial charge in [0.1, 0.15) is 0 Å². The molecule has 0 aromatic heterocycles. The molecule has 23 heavy (non-hydrogen) atoms. The Kier molecular flexibility index (Phi) is 6.21. The molecule has 122 valence electrons. The van der Waals surface area contributed by atoms with Gasteiger partial charge in [0.25, 0.3) is 0 Å². The highest BCUT2D eigenvalue weighted by atomic mass is 16.1. The third-order valence-corrected chi connectivity index (χ3v) is 3.90. The van der Waals surface area contributed by atoms with E-state index in [1.54, 1.807) is 0 Å². The van der Waals surface area contributed by atoms with Gasteiger partial charge < -0.3 is 10.6 Å². The minimum Gasteiger partial charge on any atom is -0.385 e. The Balaban J connectivity index is 1.83. The molecule has 1 amide bonds. The van der Waals surface area contributed by atoms with E-state index in [0.29, 0.717) is 18.9 Å². The van der Waals surface area contributed by atoms with Crippen molar-refractivity contribution in [2.24, 2.45) is 0 Å². The molecule has 0 atom stereocenters. The van der Waals surface area contributed by atoms with Crippen molar-refractivity contribution in [1.29, 1.82) is 0 Å². The van der Waals surface area contributed by atoms with Gasteiger partial charge in [-0.1, -0.05) is 51.1 Å². The molecule has 0 fully saturated rings. The van der Waals surface area contributed by atoms with Crippen molar-refractivity contribution in [2.75, 3.05) is 17.2 Å². The fourth-order valence-corrected chi connectivity index (χ4v) is 2.51. The van der Waals surface area contributed by atoms with E-state index in [0.717, 1.165) is 17.8 Å². The van der Waals surface area contributed by atoms with Crippen LogP contribution in [0.5, 0.6) is 0 Å². The summed E-state index contributed by atoms with van der Waals surface area (Å²) in [7, 11) is 0. The van der Waals surface area contributed by atoms with Crippen LogP contribution in [0.3, 0.4) is 0 Å². The number of nitrogens with one attached hydrogen (secondary N) is 2.